The Morgan fingerprint density at radius 3 is 2.76 bits per heavy atom. The first kappa shape index (κ1) is 12.2. The standard InChI is InChI=1S/C16H15N3O2/c1-7(2)12-10-6-17-19-16(10)18-13-9-4-5-11(20)8(3)14(9)21-15(12)13/h4-7H,1-3H3,(H2,17,18,19). The molecule has 4 rings (SSSR count). The maximum absolute atomic E-state index is 11.8. The van der Waals surface area contributed by atoms with Gasteiger partial charge in [-0.1, -0.05) is 13.8 Å². The lowest BCUT2D eigenvalue weighted by Gasteiger charge is -2.06. The van der Waals surface area contributed by atoms with Gasteiger partial charge in [0.2, 0.25) is 0 Å². The van der Waals surface area contributed by atoms with Crippen LogP contribution in [0.3, 0.4) is 0 Å². The smallest absolute Gasteiger partial charge is 0.185 e. The summed E-state index contributed by atoms with van der Waals surface area (Å²) in [4.78, 5) is 16.5. The van der Waals surface area contributed by atoms with Gasteiger partial charge in [-0.3, -0.25) is 9.89 Å². The second-order valence-corrected chi connectivity index (χ2v) is 5.70. The molecule has 5 nitrogen and oxygen atoms in total. The fourth-order valence-corrected chi connectivity index (χ4v) is 2.97. The molecule has 0 spiro atoms. The first-order valence-corrected chi connectivity index (χ1v) is 6.99. The molecule has 0 aliphatic carbocycles. The molecule has 21 heavy (non-hydrogen) atoms. The third kappa shape index (κ3) is 1.51. The lowest BCUT2D eigenvalue weighted by molar-refractivity contribution is 0.654. The fraction of sp³-hybridized carbons (Fsp3) is 0.250. The summed E-state index contributed by atoms with van der Waals surface area (Å²) in [7, 11) is 0. The van der Waals surface area contributed by atoms with Gasteiger partial charge in [0.05, 0.1) is 0 Å². The Labute approximate surface area is 120 Å². The summed E-state index contributed by atoms with van der Waals surface area (Å²) in [6, 6.07) is 3.38. The molecule has 0 saturated carbocycles. The zero-order valence-electron chi connectivity index (χ0n) is 12.1. The number of hydrogen-bond donors (Lipinski definition) is 2. The molecule has 0 unspecified atom stereocenters. The quantitative estimate of drug-likeness (QED) is 0.560. The fourth-order valence-electron chi connectivity index (χ4n) is 2.97. The van der Waals surface area contributed by atoms with E-state index < -0.39 is 0 Å². The zero-order chi connectivity index (χ0) is 14.7. The van der Waals surface area contributed by atoms with Crippen LogP contribution in [0.25, 0.3) is 33.1 Å². The van der Waals surface area contributed by atoms with Crippen molar-refractivity contribution in [3.63, 3.8) is 0 Å². The first-order valence-electron chi connectivity index (χ1n) is 6.99. The van der Waals surface area contributed by atoms with E-state index in [0.29, 0.717) is 11.1 Å². The highest BCUT2D eigenvalue weighted by atomic mass is 16.3. The highest BCUT2D eigenvalue weighted by Gasteiger charge is 2.20. The van der Waals surface area contributed by atoms with Crippen LogP contribution >= 0.6 is 0 Å². The molecule has 0 bridgehead atoms. The number of furan rings is 1. The molecular weight excluding hydrogens is 266 g/mol. The monoisotopic (exact) mass is 281 g/mol. The second kappa shape index (κ2) is 3.97. The van der Waals surface area contributed by atoms with E-state index in [1.54, 1.807) is 19.1 Å². The van der Waals surface area contributed by atoms with Crippen LogP contribution in [0.15, 0.2) is 27.5 Å². The topological polar surface area (TPSA) is 74.7 Å². The van der Waals surface area contributed by atoms with Crippen molar-refractivity contribution in [2.24, 2.45) is 0 Å². The Morgan fingerprint density at radius 1 is 1.19 bits per heavy atom. The number of fused-ring (bicyclic) bond motifs is 4. The highest BCUT2D eigenvalue weighted by molar-refractivity contribution is 6.08. The van der Waals surface area contributed by atoms with Crippen LogP contribution in [0.4, 0.5) is 0 Å². The van der Waals surface area contributed by atoms with Gasteiger partial charge < -0.3 is 9.52 Å². The molecular formula is C16H15N3O2. The van der Waals surface area contributed by atoms with Crippen LogP contribution in [-0.2, 0) is 0 Å². The van der Waals surface area contributed by atoms with Gasteiger partial charge in [0, 0.05) is 28.1 Å². The largest absolute Gasteiger partial charge is 0.454 e. The summed E-state index contributed by atoms with van der Waals surface area (Å²) in [5.41, 5.74) is 4.76. The van der Waals surface area contributed by atoms with Crippen molar-refractivity contribution in [2.45, 2.75) is 26.7 Å². The molecule has 0 saturated heterocycles. The van der Waals surface area contributed by atoms with Crippen LogP contribution in [-0.4, -0.2) is 15.2 Å². The SMILES string of the molecule is Cc1c(=O)ccc2c1oc1c(C(C)C)c3c[nH][nH]c3nc12. The van der Waals surface area contributed by atoms with Gasteiger partial charge in [-0.15, -0.1) is 0 Å². The number of hydrogen-bond acceptors (Lipinski definition) is 3. The van der Waals surface area contributed by atoms with Gasteiger partial charge in [-0.05, 0) is 25.0 Å². The molecule has 0 atom stereocenters. The molecule has 3 aromatic heterocycles. The van der Waals surface area contributed by atoms with Gasteiger partial charge in [0.1, 0.15) is 11.1 Å². The van der Waals surface area contributed by atoms with E-state index in [1.807, 2.05) is 6.20 Å². The van der Waals surface area contributed by atoms with E-state index in [0.717, 1.165) is 33.1 Å². The van der Waals surface area contributed by atoms with Gasteiger partial charge >= 0.3 is 0 Å². The van der Waals surface area contributed by atoms with Gasteiger partial charge in [-0.25, -0.2) is 4.98 Å². The lowest BCUT2D eigenvalue weighted by atomic mass is 10.00. The average molecular weight is 281 g/mol. The Kier molecular flexibility index (Phi) is 2.31. The summed E-state index contributed by atoms with van der Waals surface area (Å²) in [5.74, 6) is 0.287. The van der Waals surface area contributed by atoms with Crippen LogP contribution in [0.5, 0.6) is 0 Å². The van der Waals surface area contributed by atoms with Crippen molar-refractivity contribution in [3.05, 3.63) is 39.7 Å². The number of pyridine rings is 1. The van der Waals surface area contributed by atoms with Gasteiger partial charge in [0.25, 0.3) is 0 Å². The maximum atomic E-state index is 11.8. The van der Waals surface area contributed by atoms with E-state index >= 15 is 0 Å². The minimum absolute atomic E-state index is 0.00783. The van der Waals surface area contributed by atoms with Crippen LogP contribution in [0.2, 0.25) is 0 Å². The number of nitrogens with one attached hydrogen (secondary N) is 2. The van der Waals surface area contributed by atoms with Crippen LogP contribution in [0, 0.1) is 6.92 Å². The van der Waals surface area contributed by atoms with Crippen molar-refractivity contribution in [1.29, 1.82) is 0 Å². The predicted molar refractivity (Wildman–Crippen MR) is 82.8 cm³/mol. The van der Waals surface area contributed by atoms with Crippen molar-refractivity contribution in [2.75, 3.05) is 0 Å². The molecule has 4 aromatic rings. The molecule has 0 amide bonds. The number of rotatable bonds is 1. The van der Waals surface area contributed by atoms with Crippen LogP contribution < -0.4 is 5.43 Å². The van der Waals surface area contributed by atoms with Crippen molar-refractivity contribution < 1.29 is 4.42 Å². The molecule has 3 heterocycles. The van der Waals surface area contributed by atoms with Crippen molar-refractivity contribution in [1.82, 2.24) is 15.2 Å². The second-order valence-electron chi connectivity index (χ2n) is 5.70. The Morgan fingerprint density at radius 2 is 2.00 bits per heavy atom. The van der Waals surface area contributed by atoms with Gasteiger partial charge in [-0.2, -0.15) is 0 Å². The van der Waals surface area contributed by atoms with E-state index in [4.69, 9.17) is 4.42 Å². The van der Waals surface area contributed by atoms with E-state index in [9.17, 15) is 4.79 Å². The van der Waals surface area contributed by atoms with Crippen molar-refractivity contribution >= 4 is 33.1 Å². The summed E-state index contributed by atoms with van der Waals surface area (Å²) in [5, 5.41) is 7.95. The summed E-state index contributed by atoms with van der Waals surface area (Å²) in [6.45, 7) is 6.04. The van der Waals surface area contributed by atoms with Gasteiger partial charge in [0.15, 0.2) is 16.7 Å². The molecule has 0 aliphatic heterocycles. The maximum Gasteiger partial charge on any atom is 0.185 e. The molecule has 106 valence electrons. The number of aromatic nitrogens is 3. The van der Waals surface area contributed by atoms with E-state index in [-0.39, 0.29) is 11.3 Å². The highest BCUT2D eigenvalue weighted by Crippen LogP contribution is 2.36. The van der Waals surface area contributed by atoms with E-state index in [1.165, 1.54) is 0 Å². The summed E-state index contributed by atoms with van der Waals surface area (Å²) < 4.78 is 6.04. The molecule has 5 heteroatoms. The first-order chi connectivity index (χ1) is 10.1. The van der Waals surface area contributed by atoms with E-state index in [2.05, 4.69) is 29.0 Å². The number of aryl methyl sites for hydroxylation is 1. The summed E-state index contributed by atoms with van der Waals surface area (Å²) in [6.07, 6.45) is 1.90. The minimum atomic E-state index is -0.00783. The number of benzene rings is 1. The Bertz CT molecular complexity index is 1050. The Hall–Kier alpha value is -2.56. The summed E-state index contributed by atoms with van der Waals surface area (Å²) >= 11 is 0. The third-order valence-corrected chi connectivity index (χ3v) is 4.03. The normalized spacial score (nSPS) is 12.2. The number of nitrogens with zero attached hydrogens (tertiary/aromatic N) is 1. The predicted octanol–water partition coefficient (Wildman–Crippen LogP) is 3.58. The average Bonchev–Trinajstić information content (AvgIpc) is 3.04. The molecule has 1 aromatic carbocycles. The minimum Gasteiger partial charge on any atom is -0.454 e. The third-order valence-electron chi connectivity index (χ3n) is 4.03. The molecule has 0 fully saturated rings. The molecule has 2 N–H and O–H groups in total. The number of H-pyrrole nitrogens is 2. The Balaban J connectivity index is 2.32. The van der Waals surface area contributed by atoms with Crippen molar-refractivity contribution in [3.8, 4) is 0 Å². The number of aromatic amines is 2. The zero-order valence-corrected chi connectivity index (χ0v) is 12.1. The molecule has 0 radical (unpaired) electrons. The van der Waals surface area contributed by atoms with Crippen LogP contribution in [0.1, 0.15) is 30.9 Å². The molecule has 0 aliphatic rings. The lowest BCUT2D eigenvalue weighted by Crippen LogP contribution is -2.01.